The molecule has 2 aromatic rings. The van der Waals surface area contributed by atoms with Gasteiger partial charge in [0.1, 0.15) is 0 Å². The van der Waals surface area contributed by atoms with E-state index < -0.39 is 0 Å². The molecule has 2 rings (SSSR count). The van der Waals surface area contributed by atoms with Gasteiger partial charge >= 0.3 is 0 Å². The minimum atomic E-state index is -0.0968. The van der Waals surface area contributed by atoms with Crippen molar-refractivity contribution in [1.29, 1.82) is 0 Å². The monoisotopic (exact) mass is 311 g/mol. The van der Waals surface area contributed by atoms with E-state index in [1.54, 1.807) is 0 Å². The molecule has 4 nitrogen and oxygen atoms in total. The van der Waals surface area contributed by atoms with Crippen LogP contribution in [0.15, 0.2) is 42.5 Å². The van der Waals surface area contributed by atoms with Crippen molar-refractivity contribution in [2.24, 2.45) is 0 Å². The summed E-state index contributed by atoms with van der Waals surface area (Å²) in [7, 11) is 3.96. The quantitative estimate of drug-likeness (QED) is 0.843. The molecule has 0 saturated carbocycles. The van der Waals surface area contributed by atoms with Crippen LogP contribution in [0.5, 0.6) is 0 Å². The maximum atomic E-state index is 12.5. The Balaban J connectivity index is 2.16. The Labute approximate surface area is 138 Å². The van der Waals surface area contributed by atoms with Gasteiger partial charge in [-0.15, -0.1) is 0 Å². The molecule has 0 radical (unpaired) electrons. The van der Waals surface area contributed by atoms with Crippen molar-refractivity contribution < 1.29 is 4.79 Å². The molecule has 23 heavy (non-hydrogen) atoms. The van der Waals surface area contributed by atoms with Gasteiger partial charge in [-0.25, -0.2) is 0 Å². The molecule has 2 aromatic carbocycles. The number of aryl methyl sites for hydroxylation is 1. The summed E-state index contributed by atoms with van der Waals surface area (Å²) in [6.45, 7) is 5.06. The first kappa shape index (κ1) is 16.9. The van der Waals surface area contributed by atoms with E-state index in [4.69, 9.17) is 0 Å². The molecule has 0 saturated heterocycles. The Morgan fingerprint density at radius 3 is 2.61 bits per heavy atom. The van der Waals surface area contributed by atoms with Gasteiger partial charge < -0.3 is 15.5 Å². The molecule has 0 aliphatic carbocycles. The third kappa shape index (κ3) is 4.49. The van der Waals surface area contributed by atoms with Crippen LogP contribution in [0.4, 0.5) is 17.1 Å². The minimum absolute atomic E-state index is 0.0968. The van der Waals surface area contributed by atoms with Crippen molar-refractivity contribution in [2.75, 3.05) is 36.2 Å². The smallest absolute Gasteiger partial charge is 0.255 e. The first-order valence-electron chi connectivity index (χ1n) is 7.94. The fraction of sp³-hybridized carbons (Fsp3) is 0.316. The first-order valence-corrected chi connectivity index (χ1v) is 7.94. The molecule has 0 aliphatic heterocycles. The van der Waals surface area contributed by atoms with Crippen molar-refractivity contribution >= 4 is 23.0 Å². The van der Waals surface area contributed by atoms with Crippen molar-refractivity contribution in [3.63, 3.8) is 0 Å². The van der Waals surface area contributed by atoms with Crippen LogP contribution in [0.2, 0.25) is 0 Å². The molecule has 4 heteroatoms. The predicted octanol–water partition coefficient (Wildman–Crippen LogP) is 4.14. The Hall–Kier alpha value is -2.49. The van der Waals surface area contributed by atoms with E-state index in [0.29, 0.717) is 5.56 Å². The Kier molecular flexibility index (Phi) is 5.63. The highest BCUT2D eigenvalue weighted by atomic mass is 16.1. The SMILES string of the molecule is CCCNc1cc(C(=O)Nc2cccc(N(C)C)c2)ccc1C. The standard InChI is InChI=1S/C19H25N3O/c1-5-11-20-18-12-15(10-9-14(18)2)19(23)21-16-7-6-8-17(13-16)22(3)4/h6-10,12-13,20H,5,11H2,1-4H3,(H,21,23). The lowest BCUT2D eigenvalue weighted by molar-refractivity contribution is 0.102. The highest BCUT2D eigenvalue weighted by Gasteiger charge is 2.09. The number of benzene rings is 2. The average molecular weight is 311 g/mol. The Morgan fingerprint density at radius 2 is 1.91 bits per heavy atom. The summed E-state index contributed by atoms with van der Waals surface area (Å²) in [5.41, 5.74) is 4.66. The average Bonchev–Trinajstić information content (AvgIpc) is 2.54. The van der Waals surface area contributed by atoms with Crippen LogP contribution in [0.3, 0.4) is 0 Å². The zero-order valence-electron chi connectivity index (χ0n) is 14.3. The molecule has 2 N–H and O–H groups in total. The number of carbonyl (C=O) groups is 1. The number of rotatable bonds is 6. The van der Waals surface area contributed by atoms with Crippen LogP contribution in [-0.4, -0.2) is 26.5 Å². The van der Waals surface area contributed by atoms with Crippen LogP contribution < -0.4 is 15.5 Å². The maximum absolute atomic E-state index is 12.5. The van der Waals surface area contributed by atoms with Gasteiger partial charge in [-0.2, -0.15) is 0 Å². The lowest BCUT2D eigenvalue weighted by atomic mass is 10.1. The molecule has 122 valence electrons. The van der Waals surface area contributed by atoms with E-state index in [-0.39, 0.29) is 5.91 Å². The highest BCUT2D eigenvalue weighted by molar-refractivity contribution is 6.05. The number of anilines is 3. The van der Waals surface area contributed by atoms with E-state index in [2.05, 4.69) is 17.6 Å². The largest absolute Gasteiger partial charge is 0.385 e. The van der Waals surface area contributed by atoms with E-state index >= 15 is 0 Å². The van der Waals surface area contributed by atoms with Gasteiger partial charge in [-0.1, -0.05) is 19.1 Å². The summed E-state index contributed by atoms with van der Waals surface area (Å²) < 4.78 is 0. The lowest BCUT2D eigenvalue weighted by Crippen LogP contribution is -2.14. The molecule has 1 amide bonds. The van der Waals surface area contributed by atoms with Gasteiger partial charge in [-0.05, 0) is 49.2 Å². The van der Waals surface area contributed by atoms with Crippen molar-refractivity contribution in [2.45, 2.75) is 20.3 Å². The molecule has 0 fully saturated rings. The fourth-order valence-corrected chi connectivity index (χ4v) is 2.28. The molecule has 0 bridgehead atoms. The summed E-state index contributed by atoms with van der Waals surface area (Å²) in [5, 5.41) is 6.32. The van der Waals surface area contributed by atoms with Crippen molar-refractivity contribution in [3.05, 3.63) is 53.6 Å². The molecule has 0 heterocycles. The molecule has 0 spiro atoms. The maximum Gasteiger partial charge on any atom is 0.255 e. The number of hydrogen-bond acceptors (Lipinski definition) is 3. The fourth-order valence-electron chi connectivity index (χ4n) is 2.28. The normalized spacial score (nSPS) is 10.3. The molecule has 0 aromatic heterocycles. The zero-order chi connectivity index (χ0) is 16.8. The number of carbonyl (C=O) groups excluding carboxylic acids is 1. The van der Waals surface area contributed by atoms with Gasteiger partial charge in [0.2, 0.25) is 0 Å². The molecule has 0 atom stereocenters. The molecule has 0 aliphatic rings. The van der Waals surface area contributed by atoms with Gasteiger partial charge in [0.05, 0.1) is 0 Å². The summed E-state index contributed by atoms with van der Waals surface area (Å²) >= 11 is 0. The first-order chi connectivity index (χ1) is 11.0. The van der Waals surface area contributed by atoms with Crippen LogP contribution in [-0.2, 0) is 0 Å². The third-order valence-electron chi connectivity index (χ3n) is 3.69. The second-order valence-corrected chi connectivity index (χ2v) is 5.86. The van der Waals surface area contributed by atoms with E-state index in [1.165, 1.54) is 0 Å². The summed E-state index contributed by atoms with van der Waals surface area (Å²) in [6, 6.07) is 13.6. The van der Waals surface area contributed by atoms with Gasteiger partial charge in [0.25, 0.3) is 5.91 Å². The van der Waals surface area contributed by atoms with Gasteiger partial charge in [0.15, 0.2) is 0 Å². The summed E-state index contributed by atoms with van der Waals surface area (Å²) in [4.78, 5) is 14.5. The highest BCUT2D eigenvalue weighted by Crippen LogP contribution is 2.20. The lowest BCUT2D eigenvalue weighted by Gasteiger charge is -2.14. The van der Waals surface area contributed by atoms with E-state index in [1.807, 2.05) is 68.4 Å². The molecule has 0 unspecified atom stereocenters. The van der Waals surface area contributed by atoms with Crippen LogP contribution in [0.25, 0.3) is 0 Å². The summed E-state index contributed by atoms with van der Waals surface area (Å²) in [5.74, 6) is -0.0968. The Morgan fingerprint density at radius 1 is 1.13 bits per heavy atom. The van der Waals surface area contributed by atoms with E-state index in [0.717, 1.165) is 35.6 Å². The number of amides is 1. The van der Waals surface area contributed by atoms with Crippen molar-refractivity contribution in [1.82, 2.24) is 0 Å². The molecular weight excluding hydrogens is 286 g/mol. The third-order valence-corrected chi connectivity index (χ3v) is 3.69. The van der Waals surface area contributed by atoms with E-state index in [9.17, 15) is 4.79 Å². The zero-order valence-corrected chi connectivity index (χ0v) is 14.3. The predicted molar refractivity (Wildman–Crippen MR) is 98.7 cm³/mol. The second kappa shape index (κ2) is 7.68. The van der Waals surface area contributed by atoms with Gasteiger partial charge in [0, 0.05) is 43.3 Å². The van der Waals surface area contributed by atoms with Crippen molar-refractivity contribution in [3.8, 4) is 0 Å². The van der Waals surface area contributed by atoms with Crippen LogP contribution >= 0.6 is 0 Å². The number of hydrogen-bond donors (Lipinski definition) is 2. The topological polar surface area (TPSA) is 44.4 Å². The van der Waals surface area contributed by atoms with Crippen LogP contribution in [0.1, 0.15) is 29.3 Å². The minimum Gasteiger partial charge on any atom is -0.385 e. The van der Waals surface area contributed by atoms with Gasteiger partial charge in [-0.3, -0.25) is 4.79 Å². The Bertz CT molecular complexity index is 680. The molecular formula is C19H25N3O. The second-order valence-electron chi connectivity index (χ2n) is 5.86. The summed E-state index contributed by atoms with van der Waals surface area (Å²) in [6.07, 6.45) is 1.05. The number of nitrogens with one attached hydrogen (secondary N) is 2. The number of nitrogens with zero attached hydrogens (tertiary/aromatic N) is 1. The van der Waals surface area contributed by atoms with Crippen LogP contribution in [0, 0.1) is 6.92 Å².